The molecular weight excluding hydrogens is 407 g/mol. The van der Waals surface area contributed by atoms with Gasteiger partial charge in [0.2, 0.25) is 5.91 Å². The molecule has 2 N–H and O–H groups in total. The van der Waals surface area contributed by atoms with Gasteiger partial charge in [0, 0.05) is 23.9 Å². The van der Waals surface area contributed by atoms with Gasteiger partial charge >= 0.3 is 0 Å². The lowest BCUT2D eigenvalue weighted by atomic mass is 10.1. The number of thioether (sulfide) groups is 1. The predicted octanol–water partition coefficient (Wildman–Crippen LogP) is 2.68. The number of hydrogen-bond donors (Lipinski definition) is 2. The Bertz CT molecular complexity index is 1110. The van der Waals surface area contributed by atoms with Crippen LogP contribution in [0.2, 0.25) is 0 Å². The summed E-state index contributed by atoms with van der Waals surface area (Å²) in [5.74, 6) is -1.30. The summed E-state index contributed by atoms with van der Waals surface area (Å²) < 4.78 is 15.6. The minimum atomic E-state index is -1.14. The van der Waals surface area contributed by atoms with E-state index in [-0.39, 0.29) is 22.8 Å². The van der Waals surface area contributed by atoms with Crippen LogP contribution < -0.4 is 10.6 Å². The molecule has 1 aromatic heterocycles. The van der Waals surface area contributed by atoms with Gasteiger partial charge in [0.25, 0.3) is 5.91 Å². The zero-order valence-corrected chi connectivity index (χ0v) is 16.7. The molecule has 0 spiro atoms. The molecule has 8 nitrogen and oxygen atoms in total. The van der Waals surface area contributed by atoms with Gasteiger partial charge in [0.15, 0.2) is 5.16 Å². The van der Waals surface area contributed by atoms with E-state index in [9.17, 15) is 19.2 Å². The highest BCUT2D eigenvalue weighted by Gasteiger charge is 2.18. The van der Waals surface area contributed by atoms with E-state index in [0.717, 1.165) is 0 Å². The smallest absolute Gasteiger partial charge is 0.252 e. The number of aryl methyl sites for hydroxylation is 1. The quantitative estimate of drug-likeness (QED) is 0.564. The van der Waals surface area contributed by atoms with Crippen molar-refractivity contribution in [2.75, 3.05) is 11.1 Å². The summed E-state index contributed by atoms with van der Waals surface area (Å²) in [5, 5.41) is 22.8. The lowest BCUT2D eigenvalue weighted by molar-refractivity contribution is -0.113. The summed E-state index contributed by atoms with van der Waals surface area (Å²) in [7, 11) is 1.78. The van der Waals surface area contributed by atoms with Gasteiger partial charge in [-0.15, -0.1) is 10.2 Å². The van der Waals surface area contributed by atoms with Gasteiger partial charge in [-0.2, -0.15) is 5.26 Å². The number of benzene rings is 2. The van der Waals surface area contributed by atoms with Crippen LogP contribution >= 0.6 is 11.8 Å². The van der Waals surface area contributed by atoms with E-state index in [1.54, 1.807) is 29.8 Å². The minimum Gasteiger partial charge on any atom is -0.332 e. The second-order valence-corrected chi connectivity index (χ2v) is 7.14. The van der Waals surface area contributed by atoms with Crippen LogP contribution in [0.4, 0.5) is 10.1 Å². The summed E-state index contributed by atoms with van der Waals surface area (Å²) in [4.78, 5) is 24.7. The molecule has 0 saturated carbocycles. The molecule has 0 aliphatic heterocycles. The van der Waals surface area contributed by atoms with Crippen LogP contribution in [0.1, 0.15) is 22.0 Å². The van der Waals surface area contributed by atoms with Crippen LogP contribution in [-0.2, 0) is 11.8 Å². The second-order valence-electron chi connectivity index (χ2n) is 6.20. The summed E-state index contributed by atoms with van der Waals surface area (Å²) >= 11 is 1.23. The predicted molar refractivity (Wildman–Crippen MR) is 109 cm³/mol. The first kappa shape index (κ1) is 21.0. The first-order valence-electron chi connectivity index (χ1n) is 8.79. The number of carbonyl (C=O) groups is 2. The molecule has 0 saturated heterocycles. The lowest BCUT2D eigenvalue weighted by Crippen LogP contribution is -2.28. The number of nitrogens with zero attached hydrogens (tertiary/aromatic N) is 4. The molecule has 1 unspecified atom stereocenters. The van der Waals surface area contributed by atoms with Crippen molar-refractivity contribution in [2.24, 2.45) is 7.05 Å². The number of amides is 2. The highest BCUT2D eigenvalue weighted by atomic mass is 32.2. The molecule has 1 heterocycles. The number of carbonyl (C=O) groups excluding carboxylic acids is 2. The van der Waals surface area contributed by atoms with Crippen LogP contribution in [-0.4, -0.2) is 32.3 Å². The Morgan fingerprint density at radius 2 is 2.07 bits per heavy atom. The molecule has 2 aromatic carbocycles. The molecule has 0 fully saturated rings. The maximum atomic E-state index is 13.9. The summed E-state index contributed by atoms with van der Waals surface area (Å²) in [6.07, 6.45) is 1.54. The molecule has 1 atom stereocenters. The Morgan fingerprint density at radius 3 is 2.77 bits per heavy atom. The highest BCUT2D eigenvalue weighted by Crippen LogP contribution is 2.18. The number of hydrogen-bond acceptors (Lipinski definition) is 6. The number of rotatable bonds is 7. The maximum absolute atomic E-state index is 13.9. The third-order valence-electron chi connectivity index (χ3n) is 4.03. The second kappa shape index (κ2) is 9.67. The molecule has 0 aliphatic rings. The van der Waals surface area contributed by atoms with E-state index in [1.165, 1.54) is 48.4 Å². The number of halogens is 1. The van der Waals surface area contributed by atoms with Crippen LogP contribution in [0.15, 0.2) is 60.0 Å². The largest absolute Gasteiger partial charge is 0.332 e. The van der Waals surface area contributed by atoms with Gasteiger partial charge in [-0.1, -0.05) is 36.0 Å². The molecular formula is C20H17FN6O2S. The van der Waals surface area contributed by atoms with Gasteiger partial charge in [-0.25, -0.2) is 4.39 Å². The van der Waals surface area contributed by atoms with Crippen molar-refractivity contribution < 1.29 is 14.0 Å². The standard InChI is InChI=1S/C20H17FN6O2S/c1-27-12-23-26-20(27)30-11-18(28)24-14-6-4-5-13(9-14)19(29)25-17(10-22)15-7-2-3-8-16(15)21/h2-9,12,17H,11H2,1H3,(H,24,28)(H,25,29). The van der Waals surface area contributed by atoms with Crippen molar-refractivity contribution in [3.63, 3.8) is 0 Å². The molecule has 152 valence electrons. The third kappa shape index (κ3) is 5.21. The zero-order valence-electron chi connectivity index (χ0n) is 15.9. The number of anilines is 1. The average Bonchev–Trinajstić information content (AvgIpc) is 3.16. The normalized spacial score (nSPS) is 11.4. The summed E-state index contributed by atoms with van der Waals surface area (Å²) in [6, 6.07) is 12.8. The molecule has 0 aliphatic carbocycles. The molecule has 2 amide bonds. The van der Waals surface area contributed by atoms with E-state index in [2.05, 4.69) is 20.8 Å². The van der Waals surface area contributed by atoms with Crippen molar-refractivity contribution in [3.05, 3.63) is 71.8 Å². The topological polar surface area (TPSA) is 113 Å². The Balaban J connectivity index is 1.63. The Hall–Kier alpha value is -3.71. The van der Waals surface area contributed by atoms with Crippen molar-refractivity contribution in [2.45, 2.75) is 11.2 Å². The van der Waals surface area contributed by atoms with Crippen molar-refractivity contribution in [3.8, 4) is 6.07 Å². The van der Waals surface area contributed by atoms with E-state index in [1.807, 2.05) is 6.07 Å². The average molecular weight is 424 g/mol. The molecule has 3 rings (SSSR count). The van der Waals surface area contributed by atoms with E-state index in [0.29, 0.717) is 10.8 Å². The van der Waals surface area contributed by atoms with Gasteiger partial charge in [-0.05, 0) is 24.3 Å². The number of aromatic nitrogens is 3. The Morgan fingerprint density at radius 1 is 1.27 bits per heavy atom. The number of nitriles is 1. The SMILES string of the molecule is Cn1cnnc1SCC(=O)Nc1cccc(C(=O)NC(C#N)c2ccccc2F)c1. The Kier molecular flexibility index (Phi) is 6.77. The third-order valence-corrected chi connectivity index (χ3v) is 5.07. The lowest BCUT2D eigenvalue weighted by Gasteiger charge is -2.13. The molecule has 3 aromatic rings. The van der Waals surface area contributed by atoms with Crippen LogP contribution in [0, 0.1) is 17.1 Å². The van der Waals surface area contributed by atoms with E-state index in [4.69, 9.17) is 0 Å². The molecule has 30 heavy (non-hydrogen) atoms. The van der Waals surface area contributed by atoms with Crippen molar-refractivity contribution in [1.29, 1.82) is 5.26 Å². The highest BCUT2D eigenvalue weighted by molar-refractivity contribution is 7.99. The monoisotopic (exact) mass is 424 g/mol. The van der Waals surface area contributed by atoms with Crippen LogP contribution in [0.5, 0.6) is 0 Å². The molecule has 0 bridgehead atoms. The first-order chi connectivity index (χ1) is 14.5. The van der Waals surface area contributed by atoms with Gasteiger partial charge in [0.1, 0.15) is 18.2 Å². The van der Waals surface area contributed by atoms with Crippen molar-refractivity contribution >= 4 is 29.3 Å². The van der Waals surface area contributed by atoms with Gasteiger partial charge in [-0.3, -0.25) is 9.59 Å². The number of nitrogens with one attached hydrogen (secondary N) is 2. The van der Waals surface area contributed by atoms with Crippen molar-refractivity contribution in [1.82, 2.24) is 20.1 Å². The van der Waals surface area contributed by atoms with Gasteiger partial charge < -0.3 is 15.2 Å². The molecule has 10 heteroatoms. The fraction of sp³-hybridized carbons (Fsp3) is 0.150. The summed E-state index contributed by atoms with van der Waals surface area (Å²) in [5.41, 5.74) is 0.731. The fourth-order valence-electron chi connectivity index (χ4n) is 2.57. The van der Waals surface area contributed by atoms with Crippen LogP contribution in [0.3, 0.4) is 0 Å². The molecule has 0 radical (unpaired) electrons. The minimum absolute atomic E-state index is 0.0820. The van der Waals surface area contributed by atoms with E-state index >= 15 is 0 Å². The summed E-state index contributed by atoms with van der Waals surface area (Å²) in [6.45, 7) is 0. The Labute approximate surface area is 176 Å². The van der Waals surface area contributed by atoms with Gasteiger partial charge in [0.05, 0.1) is 11.8 Å². The van der Waals surface area contributed by atoms with Crippen LogP contribution in [0.25, 0.3) is 0 Å². The fourth-order valence-corrected chi connectivity index (χ4v) is 3.26. The zero-order chi connectivity index (χ0) is 21.5. The maximum Gasteiger partial charge on any atom is 0.252 e. The first-order valence-corrected chi connectivity index (χ1v) is 9.78. The van der Waals surface area contributed by atoms with E-state index < -0.39 is 17.8 Å².